The Hall–Kier alpha value is -3.60. The van der Waals surface area contributed by atoms with Gasteiger partial charge in [-0.15, -0.1) is 0 Å². The van der Waals surface area contributed by atoms with Gasteiger partial charge < -0.3 is 9.80 Å². The lowest BCUT2D eigenvalue weighted by Gasteiger charge is -2.29. The molecule has 0 aliphatic rings. The highest BCUT2D eigenvalue weighted by atomic mass is 35.5. The van der Waals surface area contributed by atoms with Crippen LogP contribution in [0.1, 0.15) is 43.0 Å². The van der Waals surface area contributed by atoms with Gasteiger partial charge in [-0.25, -0.2) is 0 Å². The van der Waals surface area contributed by atoms with Crippen LogP contribution < -0.4 is 0 Å². The molecule has 0 saturated carbocycles. The van der Waals surface area contributed by atoms with Crippen LogP contribution in [-0.4, -0.2) is 34.7 Å². The summed E-state index contributed by atoms with van der Waals surface area (Å²) in [5.41, 5.74) is 5.21. The number of nitrogens with zero attached hydrogens (tertiary/aromatic N) is 2. The van der Waals surface area contributed by atoms with E-state index < -0.39 is 0 Å². The first-order valence-corrected chi connectivity index (χ1v) is 13.2. The van der Waals surface area contributed by atoms with E-state index in [-0.39, 0.29) is 11.8 Å². The zero-order chi connectivity index (χ0) is 27.1. The first kappa shape index (κ1) is 27.4. The maximum atomic E-state index is 13.6. The van der Waals surface area contributed by atoms with Gasteiger partial charge >= 0.3 is 0 Å². The van der Waals surface area contributed by atoms with Crippen molar-refractivity contribution in [3.8, 4) is 0 Å². The number of hydrogen-bond donors (Lipinski definition) is 0. The molecule has 194 valence electrons. The van der Waals surface area contributed by atoms with Crippen LogP contribution in [-0.2, 0) is 13.1 Å². The summed E-state index contributed by atoms with van der Waals surface area (Å²) in [4.78, 5) is 30.8. The summed E-state index contributed by atoms with van der Waals surface area (Å²) >= 11 is 12.5. The summed E-state index contributed by atoms with van der Waals surface area (Å²) in [5.74, 6) is -0.203. The average Bonchev–Trinajstić information content (AvgIpc) is 2.90. The topological polar surface area (TPSA) is 40.6 Å². The fourth-order valence-electron chi connectivity index (χ4n) is 4.22. The van der Waals surface area contributed by atoms with Gasteiger partial charge in [-0.3, -0.25) is 9.59 Å². The molecule has 0 fully saturated rings. The Bertz CT molecular complexity index is 1290. The molecule has 38 heavy (non-hydrogen) atoms. The predicted octanol–water partition coefficient (Wildman–Crippen LogP) is 7.60. The van der Waals surface area contributed by atoms with Crippen molar-refractivity contribution in [2.24, 2.45) is 0 Å². The van der Waals surface area contributed by atoms with Crippen molar-refractivity contribution < 1.29 is 9.59 Å². The second kappa shape index (κ2) is 12.8. The molecular weight excluding hydrogens is 515 g/mol. The Labute approximate surface area is 234 Å². The van der Waals surface area contributed by atoms with Gasteiger partial charge in [-0.2, -0.15) is 0 Å². The minimum absolute atomic E-state index is 0.101. The monoisotopic (exact) mass is 544 g/mol. The van der Waals surface area contributed by atoms with Gasteiger partial charge in [0.25, 0.3) is 11.8 Å². The molecule has 4 aromatic carbocycles. The van der Waals surface area contributed by atoms with Crippen molar-refractivity contribution in [1.82, 2.24) is 9.80 Å². The van der Waals surface area contributed by atoms with Crippen molar-refractivity contribution in [3.63, 3.8) is 0 Å². The Kier molecular flexibility index (Phi) is 9.22. The van der Waals surface area contributed by atoms with Crippen molar-refractivity contribution >= 4 is 35.0 Å². The van der Waals surface area contributed by atoms with E-state index in [4.69, 9.17) is 23.2 Å². The molecule has 0 N–H and O–H groups in total. The van der Waals surface area contributed by atoms with E-state index in [1.165, 1.54) is 0 Å². The van der Waals surface area contributed by atoms with E-state index in [0.717, 1.165) is 22.3 Å². The quantitative estimate of drug-likeness (QED) is 0.217. The number of amides is 2. The summed E-state index contributed by atoms with van der Waals surface area (Å²) in [6.07, 6.45) is 0. The first-order chi connectivity index (χ1) is 18.3. The van der Waals surface area contributed by atoms with Crippen molar-refractivity contribution in [1.29, 1.82) is 0 Å². The molecule has 0 atom stereocenters. The lowest BCUT2D eigenvalue weighted by atomic mass is 10.1. The van der Waals surface area contributed by atoms with Crippen molar-refractivity contribution in [3.05, 3.63) is 140 Å². The van der Waals surface area contributed by atoms with Gasteiger partial charge in [0, 0.05) is 47.4 Å². The van der Waals surface area contributed by atoms with Crippen LogP contribution in [0.5, 0.6) is 0 Å². The molecule has 0 aliphatic heterocycles. The largest absolute Gasteiger partial charge is 0.333 e. The predicted molar refractivity (Wildman–Crippen MR) is 155 cm³/mol. The molecule has 4 aromatic rings. The zero-order valence-electron chi connectivity index (χ0n) is 21.5. The first-order valence-electron chi connectivity index (χ1n) is 12.5. The number of aryl methyl sites for hydroxylation is 2. The van der Waals surface area contributed by atoms with E-state index in [1.54, 1.807) is 9.80 Å². The van der Waals surface area contributed by atoms with Gasteiger partial charge in [0.1, 0.15) is 0 Å². The Balaban J connectivity index is 1.61. The molecule has 6 heteroatoms. The van der Waals surface area contributed by atoms with Gasteiger partial charge in [0.15, 0.2) is 0 Å². The maximum absolute atomic E-state index is 13.6. The molecule has 0 aliphatic carbocycles. The second-order valence-corrected chi connectivity index (χ2v) is 10.3. The molecule has 0 saturated heterocycles. The van der Waals surface area contributed by atoms with Crippen LogP contribution in [0.15, 0.2) is 97.1 Å². The molecule has 0 spiro atoms. The van der Waals surface area contributed by atoms with Crippen LogP contribution in [0, 0.1) is 13.8 Å². The Morgan fingerprint density at radius 2 is 0.947 bits per heavy atom. The molecule has 0 unspecified atom stereocenters. The number of benzene rings is 4. The van der Waals surface area contributed by atoms with Crippen molar-refractivity contribution in [2.75, 3.05) is 13.1 Å². The highest BCUT2D eigenvalue weighted by molar-refractivity contribution is 6.30. The number of carbonyl (C=O) groups excluding carboxylic acids is 2. The second-order valence-electron chi connectivity index (χ2n) is 9.45. The molecule has 0 radical (unpaired) electrons. The van der Waals surface area contributed by atoms with Gasteiger partial charge in [-0.1, -0.05) is 82.9 Å². The molecular formula is C32H30Cl2N2O2. The number of halogens is 2. The highest BCUT2D eigenvalue weighted by Gasteiger charge is 2.21. The summed E-state index contributed by atoms with van der Waals surface area (Å²) < 4.78 is 0. The minimum Gasteiger partial charge on any atom is -0.333 e. The maximum Gasteiger partial charge on any atom is 0.254 e. The summed E-state index contributed by atoms with van der Waals surface area (Å²) in [6.45, 7) is 5.41. The lowest BCUT2D eigenvalue weighted by Crippen LogP contribution is -2.40. The summed E-state index contributed by atoms with van der Waals surface area (Å²) in [7, 11) is 0. The van der Waals surface area contributed by atoms with E-state index >= 15 is 0 Å². The van der Waals surface area contributed by atoms with Crippen molar-refractivity contribution in [2.45, 2.75) is 26.9 Å². The van der Waals surface area contributed by atoms with Crippen LogP contribution in [0.2, 0.25) is 10.0 Å². The summed E-state index contributed by atoms with van der Waals surface area (Å²) in [6, 6.07) is 30.0. The van der Waals surface area contributed by atoms with Gasteiger partial charge in [0.2, 0.25) is 0 Å². The molecule has 2 amide bonds. The van der Waals surface area contributed by atoms with E-state index in [1.807, 2.05) is 111 Å². The van der Waals surface area contributed by atoms with Crippen LogP contribution in [0.4, 0.5) is 0 Å². The third-order valence-electron chi connectivity index (χ3n) is 6.34. The third kappa shape index (κ3) is 7.47. The molecule has 0 aromatic heterocycles. The Morgan fingerprint density at radius 1 is 0.579 bits per heavy atom. The SMILES string of the molecule is Cc1ccc(C(=O)N(CCN(Cc2cccc(Cl)c2)C(=O)c2ccc(C)cc2)Cc2cccc(Cl)c2)cc1. The minimum atomic E-state index is -0.101. The number of carbonyl (C=O) groups is 2. The number of rotatable bonds is 9. The fraction of sp³-hybridized carbons (Fsp3) is 0.188. The lowest BCUT2D eigenvalue weighted by molar-refractivity contribution is 0.0644. The summed E-state index contributed by atoms with van der Waals surface area (Å²) in [5, 5.41) is 1.23. The normalized spacial score (nSPS) is 10.7. The fourth-order valence-corrected chi connectivity index (χ4v) is 4.64. The molecule has 4 nitrogen and oxygen atoms in total. The Morgan fingerprint density at radius 3 is 1.29 bits per heavy atom. The molecule has 4 rings (SSSR count). The average molecular weight is 546 g/mol. The van der Waals surface area contributed by atoms with Gasteiger partial charge in [0.05, 0.1) is 0 Å². The zero-order valence-corrected chi connectivity index (χ0v) is 23.0. The van der Waals surface area contributed by atoms with E-state index in [2.05, 4.69) is 0 Å². The van der Waals surface area contributed by atoms with E-state index in [0.29, 0.717) is 47.4 Å². The molecule has 0 bridgehead atoms. The van der Waals surface area contributed by atoms with Gasteiger partial charge in [-0.05, 0) is 73.5 Å². The third-order valence-corrected chi connectivity index (χ3v) is 6.81. The molecule has 0 heterocycles. The standard InChI is InChI=1S/C32H30Cl2N2O2/c1-23-9-13-27(14-10-23)31(37)35(21-25-5-3-7-29(33)19-25)17-18-36(22-26-6-4-8-30(34)20-26)32(38)28-15-11-24(2)12-16-28/h3-16,19-20H,17-18,21-22H2,1-2H3. The smallest absolute Gasteiger partial charge is 0.254 e. The van der Waals surface area contributed by atoms with Crippen LogP contribution in [0.3, 0.4) is 0 Å². The highest BCUT2D eigenvalue weighted by Crippen LogP contribution is 2.18. The van der Waals surface area contributed by atoms with E-state index in [9.17, 15) is 9.59 Å². The van der Waals surface area contributed by atoms with Crippen LogP contribution in [0.25, 0.3) is 0 Å². The van der Waals surface area contributed by atoms with Crippen LogP contribution >= 0.6 is 23.2 Å². The number of hydrogen-bond acceptors (Lipinski definition) is 2.